The normalized spacial score (nSPS) is 10.8. The first-order valence-electron chi connectivity index (χ1n) is 9.26. The molecule has 3 rings (SSSR count). The van der Waals surface area contributed by atoms with E-state index < -0.39 is 0 Å². The highest BCUT2D eigenvalue weighted by atomic mass is 16.5. The second-order valence-electron chi connectivity index (χ2n) is 7.01. The third kappa shape index (κ3) is 4.45. The zero-order chi connectivity index (χ0) is 19.4. The molecule has 0 aliphatic rings. The summed E-state index contributed by atoms with van der Waals surface area (Å²) >= 11 is 0. The quantitative estimate of drug-likeness (QED) is 0.472. The number of pyridine rings is 1. The van der Waals surface area contributed by atoms with Gasteiger partial charge in [-0.1, -0.05) is 12.1 Å². The average molecular weight is 363 g/mol. The van der Waals surface area contributed by atoms with E-state index in [0.717, 1.165) is 35.7 Å². The van der Waals surface area contributed by atoms with Gasteiger partial charge in [-0.25, -0.2) is 0 Å². The second kappa shape index (κ2) is 8.21. The molecule has 0 amide bonds. The summed E-state index contributed by atoms with van der Waals surface area (Å²) in [6.45, 7) is 7.37. The molecular formula is C23H27N2O2+. The van der Waals surface area contributed by atoms with E-state index in [1.165, 1.54) is 11.1 Å². The summed E-state index contributed by atoms with van der Waals surface area (Å²) in [6, 6.07) is 14.2. The molecule has 3 aromatic rings. The standard InChI is InChI=1S/C23H27N2O2/c1-17-9-12-24(13-10-17)16-23(26)22-15-18(2)25(19(22)3)14-11-20-5-7-21(27-4)8-6-20/h5-10,12-13,15H,11,14,16H2,1-4H3/q+1. The maximum absolute atomic E-state index is 12.8. The number of carbonyl (C=O) groups is 1. The molecule has 2 heterocycles. The van der Waals surface area contributed by atoms with E-state index in [9.17, 15) is 4.79 Å². The Kier molecular flexibility index (Phi) is 5.75. The summed E-state index contributed by atoms with van der Waals surface area (Å²) in [4.78, 5) is 12.8. The van der Waals surface area contributed by atoms with Crippen LogP contribution in [0.1, 0.15) is 32.9 Å². The highest BCUT2D eigenvalue weighted by Gasteiger charge is 2.19. The van der Waals surface area contributed by atoms with Crippen LogP contribution in [-0.2, 0) is 19.5 Å². The van der Waals surface area contributed by atoms with E-state index in [2.05, 4.69) is 23.6 Å². The monoisotopic (exact) mass is 363 g/mol. The molecule has 0 saturated carbocycles. The summed E-state index contributed by atoms with van der Waals surface area (Å²) in [5.41, 5.74) is 5.43. The molecule has 0 radical (unpaired) electrons. The van der Waals surface area contributed by atoms with Gasteiger partial charge in [0, 0.05) is 35.6 Å². The Bertz CT molecular complexity index is 922. The Hall–Kier alpha value is -2.88. The van der Waals surface area contributed by atoms with Gasteiger partial charge in [0.05, 0.1) is 7.11 Å². The first-order valence-corrected chi connectivity index (χ1v) is 9.26. The van der Waals surface area contributed by atoms with Crippen LogP contribution in [0, 0.1) is 20.8 Å². The molecule has 0 unspecified atom stereocenters. The molecule has 4 heteroatoms. The number of nitrogens with zero attached hydrogens (tertiary/aromatic N) is 2. The summed E-state index contributed by atoms with van der Waals surface area (Å²) in [5, 5.41) is 0. The number of ketones is 1. The van der Waals surface area contributed by atoms with Crippen molar-refractivity contribution in [2.45, 2.75) is 40.3 Å². The lowest BCUT2D eigenvalue weighted by atomic mass is 10.1. The number of benzene rings is 1. The molecule has 0 fully saturated rings. The van der Waals surface area contributed by atoms with Crippen LogP contribution >= 0.6 is 0 Å². The van der Waals surface area contributed by atoms with Crippen molar-refractivity contribution >= 4 is 5.78 Å². The third-order valence-corrected chi connectivity index (χ3v) is 5.04. The van der Waals surface area contributed by atoms with Gasteiger partial charge >= 0.3 is 0 Å². The number of ether oxygens (including phenoxy) is 1. The Morgan fingerprint density at radius 2 is 1.70 bits per heavy atom. The van der Waals surface area contributed by atoms with Gasteiger partial charge in [-0.15, -0.1) is 0 Å². The van der Waals surface area contributed by atoms with Crippen molar-refractivity contribution in [3.8, 4) is 5.75 Å². The number of aromatic nitrogens is 2. The summed E-state index contributed by atoms with van der Waals surface area (Å²) < 4.78 is 9.37. The van der Waals surface area contributed by atoms with Crippen molar-refractivity contribution in [1.29, 1.82) is 0 Å². The molecule has 0 aliphatic carbocycles. The molecule has 1 aromatic carbocycles. The second-order valence-corrected chi connectivity index (χ2v) is 7.01. The van der Waals surface area contributed by atoms with E-state index in [-0.39, 0.29) is 5.78 Å². The summed E-state index contributed by atoms with van der Waals surface area (Å²) in [6.07, 6.45) is 4.83. The third-order valence-electron chi connectivity index (χ3n) is 5.04. The molecule has 2 aromatic heterocycles. The number of rotatable bonds is 7. The minimum atomic E-state index is 0.146. The smallest absolute Gasteiger partial charge is 0.229 e. The predicted octanol–water partition coefficient (Wildman–Crippen LogP) is 3.84. The van der Waals surface area contributed by atoms with Crippen molar-refractivity contribution in [2.24, 2.45) is 0 Å². The number of Topliss-reactive ketones (excluding diaryl/α,β-unsaturated/α-hetero) is 1. The van der Waals surface area contributed by atoms with Crippen molar-refractivity contribution in [3.05, 3.63) is 82.9 Å². The van der Waals surface area contributed by atoms with Gasteiger partial charge in [0.1, 0.15) is 5.75 Å². The van der Waals surface area contributed by atoms with Crippen molar-refractivity contribution < 1.29 is 14.1 Å². The SMILES string of the molecule is COc1ccc(CCn2c(C)cc(C(=O)C[n+]3ccc(C)cc3)c2C)cc1. The highest BCUT2D eigenvalue weighted by Crippen LogP contribution is 2.18. The Morgan fingerprint density at radius 1 is 1.04 bits per heavy atom. The van der Waals surface area contributed by atoms with Gasteiger partial charge in [-0.05, 0) is 56.5 Å². The van der Waals surface area contributed by atoms with Gasteiger partial charge in [0.15, 0.2) is 12.4 Å². The van der Waals surface area contributed by atoms with E-state index in [1.54, 1.807) is 7.11 Å². The molecule has 140 valence electrons. The summed E-state index contributed by atoms with van der Waals surface area (Å²) in [5.74, 6) is 1.02. The van der Waals surface area contributed by atoms with Crippen LogP contribution in [0.4, 0.5) is 0 Å². The topological polar surface area (TPSA) is 35.1 Å². The van der Waals surface area contributed by atoms with Gasteiger partial charge in [-0.3, -0.25) is 4.79 Å². The average Bonchev–Trinajstić information content (AvgIpc) is 2.96. The molecule has 27 heavy (non-hydrogen) atoms. The van der Waals surface area contributed by atoms with Crippen molar-refractivity contribution in [1.82, 2.24) is 4.57 Å². The maximum atomic E-state index is 12.8. The predicted molar refractivity (Wildman–Crippen MR) is 106 cm³/mol. The lowest BCUT2D eigenvalue weighted by molar-refractivity contribution is -0.683. The number of aryl methyl sites for hydroxylation is 3. The fraction of sp³-hybridized carbons (Fsp3) is 0.304. The Morgan fingerprint density at radius 3 is 2.33 bits per heavy atom. The Balaban J connectivity index is 1.71. The van der Waals surface area contributed by atoms with Gasteiger partial charge in [-0.2, -0.15) is 4.57 Å². The van der Waals surface area contributed by atoms with Gasteiger partial charge in [0.2, 0.25) is 12.3 Å². The largest absolute Gasteiger partial charge is 0.497 e. The number of methoxy groups -OCH3 is 1. The Labute approximate surface area is 161 Å². The molecular weight excluding hydrogens is 336 g/mol. The summed E-state index contributed by atoms with van der Waals surface area (Å²) in [7, 11) is 1.68. The van der Waals surface area contributed by atoms with Crippen LogP contribution in [0.15, 0.2) is 54.9 Å². The molecule has 4 nitrogen and oxygen atoms in total. The number of carbonyl (C=O) groups excluding carboxylic acids is 1. The number of hydrogen-bond acceptors (Lipinski definition) is 2. The van der Waals surface area contributed by atoms with Crippen LogP contribution < -0.4 is 9.30 Å². The zero-order valence-corrected chi connectivity index (χ0v) is 16.5. The van der Waals surface area contributed by atoms with E-state index >= 15 is 0 Å². The number of hydrogen-bond donors (Lipinski definition) is 0. The molecule has 0 aliphatic heterocycles. The lowest BCUT2D eigenvalue weighted by Crippen LogP contribution is -2.37. The van der Waals surface area contributed by atoms with Crippen LogP contribution in [0.3, 0.4) is 0 Å². The highest BCUT2D eigenvalue weighted by molar-refractivity contribution is 5.96. The lowest BCUT2D eigenvalue weighted by Gasteiger charge is -2.10. The minimum absolute atomic E-state index is 0.146. The van der Waals surface area contributed by atoms with Gasteiger partial charge in [0.25, 0.3) is 0 Å². The molecule has 0 bridgehead atoms. The first-order chi connectivity index (χ1) is 13.0. The van der Waals surface area contributed by atoms with Crippen LogP contribution in [-0.4, -0.2) is 17.5 Å². The first kappa shape index (κ1) is 18.9. The van der Waals surface area contributed by atoms with Crippen LogP contribution in [0.25, 0.3) is 0 Å². The zero-order valence-electron chi connectivity index (χ0n) is 16.5. The van der Waals surface area contributed by atoms with Crippen molar-refractivity contribution in [3.63, 3.8) is 0 Å². The van der Waals surface area contributed by atoms with Crippen LogP contribution in [0.2, 0.25) is 0 Å². The van der Waals surface area contributed by atoms with E-state index in [1.807, 2.05) is 61.1 Å². The van der Waals surface area contributed by atoms with E-state index in [0.29, 0.717) is 6.54 Å². The minimum Gasteiger partial charge on any atom is -0.497 e. The fourth-order valence-corrected chi connectivity index (χ4v) is 3.35. The van der Waals surface area contributed by atoms with Crippen molar-refractivity contribution in [2.75, 3.05) is 7.11 Å². The molecule has 0 N–H and O–H groups in total. The fourth-order valence-electron chi connectivity index (χ4n) is 3.35. The molecule has 0 atom stereocenters. The van der Waals surface area contributed by atoms with Crippen LogP contribution in [0.5, 0.6) is 5.75 Å². The molecule has 0 saturated heterocycles. The van der Waals surface area contributed by atoms with E-state index in [4.69, 9.17) is 4.74 Å². The maximum Gasteiger partial charge on any atom is 0.229 e. The van der Waals surface area contributed by atoms with Gasteiger partial charge < -0.3 is 9.30 Å². The molecule has 0 spiro atoms.